The number of hydrogen-bond acceptors (Lipinski definition) is 5. The van der Waals surface area contributed by atoms with Gasteiger partial charge in [0.1, 0.15) is 0 Å². The van der Waals surface area contributed by atoms with Crippen molar-refractivity contribution in [3.8, 4) is 0 Å². The molecular formula is C14H17NO3S2. The molecule has 1 fully saturated rings. The molecule has 0 atom stereocenters. The third-order valence-electron chi connectivity index (χ3n) is 3.65. The van der Waals surface area contributed by atoms with Crippen LogP contribution in [0, 0.1) is 0 Å². The van der Waals surface area contributed by atoms with Gasteiger partial charge in [0, 0.05) is 49.0 Å². The van der Waals surface area contributed by atoms with Crippen molar-refractivity contribution in [2.75, 3.05) is 26.8 Å². The zero-order chi connectivity index (χ0) is 14.2. The molecule has 1 aliphatic rings. The normalized spacial score (nSPS) is 18.3. The number of rotatable bonds is 3. The summed E-state index contributed by atoms with van der Waals surface area (Å²) in [5, 5.41) is 12.5. The first-order valence-electron chi connectivity index (χ1n) is 6.60. The fraction of sp³-hybridized carbons (Fsp3) is 0.500. The van der Waals surface area contributed by atoms with Gasteiger partial charge in [0.25, 0.3) is 5.91 Å². The molecule has 0 aromatic carbocycles. The van der Waals surface area contributed by atoms with E-state index in [1.54, 1.807) is 23.3 Å². The number of fused-ring (bicyclic) bond motifs is 1. The van der Waals surface area contributed by atoms with Crippen molar-refractivity contribution < 1.29 is 14.6 Å². The maximum Gasteiger partial charge on any atom is 0.263 e. The van der Waals surface area contributed by atoms with Crippen LogP contribution in [0.5, 0.6) is 0 Å². The number of thiophene rings is 2. The van der Waals surface area contributed by atoms with Crippen LogP contribution < -0.4 is 0 Å². The molecule has 2 aromatic heterocycles. The van der Waals surface area contributed by atoms with Crippen molar-refractivity contribution in [2.45, 2.75) is 18.4 Å². The predicted molar refractivity (Wildman–Crippen MR) is 81.7 cm³/mol. The van der Waals surface area contributed by atoms with Crippen LogP contribution in [0.2, 0.25) is 0 Å². The van der Waals surface area contributed by atoms with Crippen LogP contribution >= 0.6 is 22.7 Å². The minimum atomic E-state index is -0.808. The van der Waals surface area contributed by atoms with Crippen LogP contribution in [0.4, 0.5) is 0 Å². The van der Waals surface area contributed by atoms with Crippen molar-refractivity contribution in [3.05, 3.63) is 22.4 Å². The minimum Gasteiger partial charge on any atom is -0.388 e. The molecule has 3 heterocycles. The Morgan fingerprint density at radius 1 is 1.45 bits per heavy atom. The van der Waals surface area contributed by atoms with E-state index in [0.29, 0.717) is 32.6 Å². The highest BCUT2D eigenvalue weighted by molar-refractivity contribution is 7.27. The van der Waals surface area contributed by atoms with E-state index in [4.69, 9.17) is 4.74 Å². The Kier molecular flexibility index (Phi) is 3.81. The Morgan fingerprint density at radius 2 is 2.20 bits per heavy atom. The lowest BCUT2D eigenvalue weighted by molar-refractivity contribution is -0.0733. The van der Waals surface area contributed by atoms with Crippen molar-refractivity contribution in [3.63, 3.8) is 0 Å². The second kappa shape index (κ2) is 5.44. The standard InChI is InChI=1S/C14H17NO3S2/c1-15(9-14(17)3-5-18-6-4-14)13(16)12-8-11-10(20-12)2-7-19-11/h2,7-8,17H,3-6,9H2,1H3. The fourth-order valence-electron chi connectivity index (χ4n) is 2.48. The van der Waals surface area contributed by atoms with Crippen LogP contribution in [0.3, 0.4) is 0 Å². The quantitative estimate of drug-likeness (QED) is 0.948. The number of amides is 1. The summed E-state index contributed by atoms with van der Waals surface area (Å²) in [5.41, 5.74) is -0.808. The average molecular weight is 311 g/mol. The molecular weight excluding hydrogens is 294 g/mol. The fourth-order valence-corrected chi connectivity index (χ4v) is 4.59. The summed E-state index contributed by atoms with van der Waals surface area (Å²) in [6.45, 7) is 1.49. The smallest absolute Gasteiger partial charge is 0.263 e. The highest BCUT2D eigenvalue weighted by atomic mass is 32.1. The van der Waals surface area contributed by atoms with Gasteiger partial charge in [-0.2, -0.15) is 0 Å². The van der Waals surface area contributed by atoms with E-state index in [1.807, 2.05) is 17.5 Å². The SMILES string of the molecule is CN(CC1(O)CCOCC1)C(=O)c1cc2sccc2s1. The number of likely N-dealkylation sites (N-methyl/N-ethyl adjacent to an activating group) is 1. The van der Waals surface area contributed by atoms with Gasteiger partial charge in [-0.05, 0) is 17.5 Å². The topological polar surface area (TPSA) is 49.8 Å². The lowest BCUT2D eigenvalue weighted by Gasteiger charge is -2.35. The van der Waals surface area contributed by atoms with E-state index in [2.05, 4.69) is 0 Å². The van der Waals surface area contributed by atoms with Crippen LogP contribution in [-0.2, 0) is 4.74 Å². The average Bonchev–Trinajstić information content (AvgIpc) is 2.98. The Balaban J connectivity index is 1.71. The number of nitrogens with zero attached hydrogens (tertiary/aromatic N) is 1. The summed E-state index contributed by atoms with van der Waals surface area (Å²) in [6.07, 6.45) is 1.17. The number of carbonyl (C=O) groups is 1. The molecule has 4 nitrogen and oxygen atoms in total. The van der Waals surface area contributed by atoms with Crippen LogP contribution in [0.15, 0.2) is 17.5 Å². The third kappa shape index (κ3) is 2.74. The van der Waals surface area contributed by atoms with Crippen LogP contribution in [0.25, 0.3) is 9.40 Å². The van der Waals surface area contributed by atoms with E-state index in [1.165, 1.54) is 11.3 Å². The van der Waals surface area contributed by atoms with Gasteiger partial charge >= 0.3 is 0 Å². The van der Waals surface area contributed by atoms with Gasteiger partial charge in [0.05, 0.1) is 10.5 Å². The summed E-state index contributed by atoms with van der Waals surface area (Å²) in [4.78, 5) is 14.8. The highest BCUT2D eigenvalue weighted by Crippen LogP contribution is 2.31. The van der Waals surface area contributed by atoms with E-state index in [0.717, 1.165) is 14.3 Å². The van der Waals surface area contributed by atoms with Crippen molar-refractivity contribution in [2.24, 2.45) is 0 Å². The summed E-state index contributed by atoms with van der Waals surface area (Å²) in [6, 6.07) is 3.98. The molecule has 6 heteroatoms. The molecule has 1 N–H and O–H groups in total. The van der Waals surface area contributed by atoms with E-state index in [-0.39, 0.29) is 5.91 Å². The first kappa shape index (κ1) is 14.0. The first-order valence-corrected chi connectivity index (χ1v) is 8.30. The molecule has 1 saturated heterocycles. The number of aliphatic hydroxyl groups is 1. The van der Waals surface area contributed by atoms with Gasteiger partial charge in [0.15, 0.2) is 0 Å². The summed E-state index contributed by atoms with van der Waals surface area (Å²) in [5.74, 6) is -0.0154. The molecule has 2 aromatic rings. The number of ether oxygens (including phenoxy) is 1. The van der Waals surface area contributed by atoms with Crippen LogP contribution in [0.1, 0.15) is 22.5 Å². The molecule has 1 amide bonds. The van der Waals surface area contributed by atoms with Gasteiger partial charge in [-0.3, -0.25) is 4.79 Å². The Morgan fingerprint density at radius 3 is 2.90 bits per heavy atom. The van der Waals surface area contributed by atoms with Gasteiger partial charge in [0.2, 0.25) is 0 Å². The lowest BCUT2D eigenvalue weighted by Crippen LogP contribution is -2.47. The molecule has 0 bridgehead atoms. The minimum absolute atomic E-state index is 0.0154. The Labute approximate surface area is 125 Å². The van der Waals surface area contributed by atoms with Crippen molar-refractivity contribution in [1.82, 2.24) is 4.90 Å². The second-order valence-corrected chi connectivity index (χ2v) is 7.29. The van der Waals surface area contributed by atoms with Gasteiger partial charge < -0.3 is 14.7 Å². The largest absolute Gasteiger partial charge is 0.388 e. The molecule has 3 rings (SSSR count). The number of carbonyl (C=O) groups excluding carboxylic acids is 1. The Bertz CT molecular complexity index is 584. The molecule has 108 valence electrons. The zero-order valence-corrected chi connectivity index (χ0v) is 12.9. The second-order valence-electron chi connectivity index (χ2n) is 5.26. The van der Waals surface area contributed by atoms with Crippen molar-refractivity contribution >= 4 is 38.0 Å². The summed E-state index contributed by atoms with van der Waals surface area (Å²) < 4.78 is 7.56. The monoisotopic (exact) mass is 311 g/mol. The van der Waals surface area contributed by atoms with E-state index >= 15 is 0 Å². The van der Waals surface area contributed by atoms with Crippen molar-refractivity contribution in [1.29, 1.82) is 0 Å². The number of hydrogen-bond donors (Lipinski definition) is 1. The van der Waals surface area contributed by atoms with Gasteiger partial charge in [-0.15, -0.1) is 22.7 Å². The van der Waals surface area contributed by atoms with Gasteiger partial charge in [-0.1, -0.05) is 0 Å². The highest BCUT2D eigenvalue weighted by Gasteiger charge is 2.32. The maximum atomic E-state index is 12.4. The Hall–Kier alpha value is -0.950. The lowest BCUT2D eigenvalue weighted by atomic mass is 9.94. The molecule has 1 aliphatic heterocycles. The summed E-state index contributed by atoms with van der Waals surface area (Å²) in [7, 11) is 1.75. The third-order valence-corrected chi connectivity index (χ3v) is 5.73. The maximum absolute atomic E-state index is 12.4. The molecule has 20 heavy (non-hydrogen) atoms. The van der Waals surface area contributed by atoms with E-state index < -0.39 is 5.60 Å². The molecule has 0 aliphatic carbocycles. The molecule has 0 saturated carbocycles. The van der Waals surface area contributed by atoms with E-state index in [9.17, 15) is 9.90 Å². The predicted octanol–water partition coefficient (Wildman–Crippen LogP) is 2.58. The zero-order valence-electron chi connectivity index (χ0n) is 11.3. The molecule has 0 spiro atoms. The van der Waals surface area contributed by atoms with Crippen LogP contribution in [-0.4, -0.2) is 48.3 Å². The van der Waals surface area contributed by atoms with Gasteiger partial charge in [-0.25, -0.2) is 0 Å². The summed E-state index contributed by atoms with van der Waals surface area (Å²) >= 11 is 3.16. The molecule has 0 unspecified atom stereocenters. The molecule has 0 radical (unpaired) electrons. The first-order chi connectivity index (χ1) is 9.57.